The first-order valence-corrected chi connectivity index (χ1v) is 2.81. The maximum atomic E-state index is 5.44. The van der Waals surface area contributed by atoms with Gasteiger partial charge in [-0.3, -0.25) is 9.98 Å². The molecule has 0 amide bonds. The van der Waals surface area contributed by atoms with E-state index in [2.05, 4.69) is 9.98 Å². The molecular formula is C5H9ClN2. The zero-order valence-corrected chi connectivity index (χ0v) is 5.81. The average Bonchev–Trinajstić information content (AvgIpc) is 1.83. The van der Waals surface area contributed by atoms with Crippen LogP contribution in [0.25, 0.3) is 0 Å². The molecule has 0 radical (unpaired) electrons. The highest BCUT2D eigenvalue weighted by atomic mass is 35.5. The first kappa shape index (κ1) is 7.63. The second-order valence-corrected chi connectivity index (χ2v) is 1.56. The molecule has 8 heavy (non-hydrogen) atoms. The number of nitrogens with zero attached hydrogens (tertiary/aromatic N) is 2. The lowest BCUT2D eigenvalue weighted by molar-refractivity contribution is 1.14. The van der Waals surface area contributed by atoms with Gasteiger partial charge in [-0.25, -0.2) is 0 Å². The molecule has 0 aromatic carbocycles. The predicted molar refractivity (Wildman–Crippen MR) is 38.2 cm³/mol. The molecule has 0 aliphatic carbocycles. The van der Waals surface area contributed by atoms with Gasteiger partial charge in [-0.05, 0) is 6.92 Å². The largest absolute Gasteiger partial charge is 0.290 e. The molecule has 0 fully saturated rings. The first-order chi connectivity index (χ1) is 3.81. The van der Waals surface area contributed by atoms with Gasteiger partial charge >= 0.3 is 0 Å². The molecule has 0 N–H and O–H groups in total. The molecule has 2 nitrogen and oxygen atoms in total. The summed E-state index contributed by atoms with van der Waals surface area (Å²) in [4.78, 5) is 7.51. The second-order valence-electron chi connectivity index (χ2n) is 1.17. The molecule has 0 bridgehead atoms. The van der Waals surface area contributed by atoms with E-state index in [0.717, 1.165) is 6.54 Å². The van der Waals surface area contributed by atoms with E-state index in [4.69, 9.17) is 11.6 Å². The fraction of sp³-hybridized carbons (Fsp3) is 0.600. The summed E-state index contributed by atoms with van der Waals surface area (Å²) < 4.78 is 0. The van der Waals surface area contributed by atoms with Crippen molar-refractivity contribution in [2.75, 3.05) is 13.6 Å². The highest BCUT2D eigenvalue weighted by Gasteiger charge is 1.78. The molecule has 0 heterocycles. The fourth-order valence-corrected chi connectivity index (χ4v) is 0.293. The van der Waals surface area contributed by atoms with Crippen molar-refractivity contribution in [3.63, 3.8) is 0 Å². The monoisotopic (exact) mass is 132 g/mol. The Morgan fingerprint density at radius 2 is 2.38 bits per heavy atom. The van der Waals surface area contributed by atoms with E-state index in [9.17, 15) is 0 Å². The fourth-order valence-electron chi connectivity index (χ4n) is 0.224. The Morgan fingerprint density at radius 1 is 1.75 bits per heavy atom. The minimum absolute atomic E-state index is 0.451. The molecule has 0 rings (SSSR count). The summed E-state index contributed by atoms with van der Waals surface area (Å²) in [5.41, 5.74) is 0. The molecule has 0 unspecified atom stereocenters. The van der Waals surface area contributed by atoms with Crippen molar-refractivity contribution >= 4 is 23.0 Å². The van der Waals surface area contributed by atoms with Crippen molar-refractivity contribution < 1.29 is 0 Å². The van der Waals surface area contributed by atoms with Gasteiger partial charge in [0.2, 0.25) is 0 Å². The van der Waals surface area contributed by atoms with Crippen LogP contribution in [-0.2, 0) is 0 Å². The molecule has 0 saturated heterocycles. The minimum Gasteiger partial charge on any atom is -0.290 e. The molecule has 0 aliphatic rings. The minimum atomic E-state index is 0.451. The van der Waals surface area contributed by atoms with Gasteiger partial charge in [-0.15, -0.1) is 0 Å². The smallest absolute Gasteiger partial charge is 0.141 e. The summed E-state index contributed by atoms with van der Waals surface area (Å²) in [7, 11) is 1.63. The van der Waals surface area contributed by atoms with Crippen molar-refractivity contribution in [1.82, 2.24) is 0 Å². The van der Waals surface area contributed by atoms with E-state index in [1.54, 1.807) is 13.3 Å². The number of aliphatic imine (C=N–C) groups is 2. The SMILES string of the molecule is CCN=CC(Cl)=NC. The summed E-state index contributed by atoms with van der Waals surface area (Å²) in [6, 6.07) is 0. The van der Waals surface area contributed by atoms with Crippen LogP contribution in [0.2, 0.25) is 0 Å². The van der Waals surface area contributed by atoms with Crippen LogP contribution in [-0.4, -0.2) is 25.0 Å². The molecule has 0 aromatic heterocycles. The Bertz CT molecular complexity index is 107. The number of rotatable bonds is 2. The van der Waals surface area contributed by atoms with Crippen LogP contribution in [0.4, 0.5) is 0 Å². The molecule has 3 heteroatoms. The summed E-state index contributed by atoms with van der Waals surface area (Å²) >= 11 is 5.44. The number of hydrogen-bond acceptors (Lipinski definition) is 2. The Hall–Kier alpha value is -0.370. The summed E-state index contributed by atoms with van der Waals surface area (Å²) in [6.45, 7) is 2.70. The molecule has 0 atom stereocenters. The number of hydrogen-bond donors (Lipinski definition) is 0. The van der Waals surface area contributed by atoms with Crippen molar-refractivity contribution in [2.24, 2.45) is 9.98 Å². The van der Waals surface area contributed by atoms with E-state index in [-0.39, 0.29) is 0 Å². The van der Waals surface area contributed by atoms with Crippen molar-refractivity contribution in [3.8, 4) is 0 Å². The summed E-state index contributed by atoms with van der Waals surface area (Å²) in [6.07, 6.45) is 1.54. The van der Waals surface area contributed by atoms with Gasteiger partial charge in [-0.2, -0.15) is 0 Å². The third-order valence-corrected chi connectivity index (χ3v) is 0.861. The lowest BCUT2D eigenvalue weighted by atomic mass is 10.7. The molecule has 0 aromatic rings. The van der Waals surface area contributed by atoms with E-state index in [0.29, 0.717) is 5.17 Å². The predicted octanol–water partition coefficient (Wildman–Crippen LogP) is 1.34. The lowest BCUT2D eigenvalue weighted by Gasteiger charge is -1.80. The van der Waals surface area contributed by atoms with Gasteiger partial charge in [-0.1, -0.05) is 11.6 Å². The van der Waals surface area contributed by atoms with Crippen molar-refractivity contribution in [2.45, 2.75) is 6.92 Å². The Labute approximate surface area is 54.3 Å². The Balaban J connectivity index is 3.53. The van der Waals surface area contributed by atoms with Crippen LogP contribution >= 0.6 is 11.6 Å². The summed E-state index contributed by atoms with van der Waals surface area (Å²) in [5.74, 6) is 0. The summed E-state index contributed by atoms with van der Waals surface area (Å²) in [5, 5.41) is 0.451. The third kappa shape index (κ3) is 3.81. The molecule has 46 valence electrons. The highest BCUT2D eigenvalue weighted by molar-refractivity contribution is 6.79. The average molecular weight is 133 g/mol. The third-order valence-electron chi connectivity index (χ3n) is 0.594. The maximum Gasteiger partial charge on any atom is 0.141 e. The van der Waals surface area contributed by atoms with Gasteiger partial charge in [0.05, 0.1) is 6.21 Å². The number of halogens is 1. The molecule has 0 spiro atoms. The van der Waals surface area contributed by atoms with Crippen LogP contribution in [0.3, 0.4) is 0 Å². The van der Waals surface area contributed by atoms with Crippen LogP contribution in [0.15, 0.2) is 9.98 Å². The normalized spacial score (nSPS) is 13.1. The lowest BCUT2D eigenvalue weighted by Crippen LogP contribution is -1.87. The van der Waals surface area contributed by atoms with Gasteiger partial charge in [0.25, 0.3) is 0 Å². The van der Waals surface area contributed by atoms with Crippen molar-refractivity contribution in [1.29, 1.82) is 0 Å². The standard InChI is InChI=1S/C5H9ClN2/c1-3-8-4-5(6)7-2/h4H,3H2,1-2H3. The van der Waals surface area contributed by atoms with E-state index < -0.39 is 0 Å². The van der Waals surface area contributed by atoms with E-state index >= 15 is 0 Å². The highest BCUT2D eigenvalue weighted by Crippen LogP contribution is 1.78. The zero-order chi connectivity index (χ0) is 6.41. The first-order valence-electron chi connectivity index (χ1n) is 2.43. The topological polar surface area (TPSA) is 24.7 Å². The van der Waals surface area contributed by atoms with E-state index in [1.807, 2.05) is 6.92 Å². The van der Waals surface area contributed by atoms with Gasteiger partial charge in [0, 0.05) is 13.6 Å². The van der Waals surface area contributed by atoms with Gasteiger partial charge < -0.3 is 0 Å². The van der Waals surface area contributed by atoms with Crippen LogP contribution in [0.5, 0.6) is 0 Å². The van der Waals surface area contributed by atoms with Gasteiger partial charge in [0.1, 0.15) is 5.17 Å². The van der Waals surface area contributed by atoms with Crippen LogP contribution in [0, 0.1) is 0 Å². The quantitative estimate of drug-likeness (QED) is 0.507. The van der Waals surface area contributed by atoms with E-state index in [1.165, 1.54) is 0 Å². The van der Waals surface area contributed by atoms with Gasteiger partial charge in [0.15, 0.2) is 0 Å². The Kier molecular flexibility index (Phi) is 4.56. The maximum absolute atomic E-state index is 5.44. The van der Waals surface area contributed by atoms with Crippen LogP contribution < -0.4 is 0 Å². The van der Waals surface area contributed by atoms with Crippen molar-refractivity contribution in [3.05, 3.63) is 0 Å². The zero-order valence-electron chi connectivity index (χ0n) is 5.06. The molecule has 0 aliphatic heterocycles. The molecule has 0 saturated carbocycles. The second kappa shape index (κ2) is 4.78. The van der Waals surface area contributed by atoms with Crippen LogP contribution in [0.1, 0.15) is 6.92 Å². The Morgan fingerprint density at radius 3 is 2.75 bits per heavy atom. The molecular weight excluding hydrogens is 124 g/mol.